The third-order valence-corrected chi connectivity index (χ3v) is 4.17. The van der Waals surface area contributed by atoms with E-state index in [1.54, 1.807) is 7.11 Å². The van der Waals surface area contributed by atoms with Crippen LogP contribution in [-0.2, 0) is 9.47 Å². The van der Waals surface area contributed by atoms with Gasteiger partial charge in [-0.1, -0.05) is 6.92 Å². The summed E-state index contributed by atoms with van der Waals surface area (Å²) < 4.78 is 10.8. The normalized spacial score (nSPS) is 19.5. The Kier molecular flexibility index (Phi) is 7.45. The average molecular weight is 286 g/mol. The molecule has 0 saturated carbocycles. The van der Waals surface area contributed by atoms with Gasteiger partial charge in [0.15, 0.2) is 0 Å². The van der Waals surface area contributed by atoms with Gasteiger partial charge < -0.3 is 19.7 Å². The summed E-state index contributed by atoms with van der Waals surface area (Å²) in [5.74, 6) is 0. The second-order valence-electron chi connectivity index (χ2n) is 7.08. The molecular formula is C16H34N2O2. The number of hydrogen-bond donors (Lipinski definition) is 1. The standard InChI is InChI=1S/C16H34N2O2/c1-6-18(9-12-19-5)14-16(7-10-20-11-8-16)13-17-15(2,3)4/h17H,6-14H2,1-5H3. The predicted molar refractivity (Wildman–Crippen MR) is 84.2 cm³/mol. The van der Waals surface area contributed by atoms with Crippen molar-refractivity contribution in [1.82, 2.24) is 10.2 Å². The molecule has 0 aromatic heterocycles. The van der Waals surface area contributed by atoms with Crippen LogP contribution in [0.1, 0.15) is 40.5 Å². The van der Waals surface area contributed by atoms with Crippen LogP contribution in [0.25, 0.3) is 0 Å². The van der Waals surface area contributed by atoms with Crippen molar-refractivity contribution in [2.45, 2.75) is 46.1 Å². The van der Waals surface area contributed by atoms with Crippen molar-refractivity contribution >= 4 is 0 Å². The molecule has 1 fully saturated rings. The fourth-order valence-corrected chi connectivity index (χ4v) is 2.69. The molecule has 1 heterocycles. The van der Waals surface area contributed by atoms with E-state index in [0.717, 1.165) is 58.8 Å². The quantitative estimate of drug-likeness (QED) is 0.741. The van der Waals surface area contributed by atoms with E-state index >= 15 is 0 Å². The van der Waals surface area contributed by atoms with Gasteiger partial charge in [-0.3, -0.25) is 0 Å². The summed E-state index contributed by atoms with van der Waals surface area (Å²) >= 11 is 0. The summed E-state index contributed by atoms with van der Waals surface area (Å²) in [6.07, 6.45) is 2.30. The minimum atomic E-state index is 0.175. The molecule has 1 N–H and O–H groups in total. The highest BCUT2D eigenvalue weighted by Crippen LogP contribution is 2.31. The molecule has 0 spiro atoms. The van der Waals surface area contributed by atoms with Crippen molar-refractivity contribution in [3.05, 3.63) is 0 Å². The largest absolute Gasteiger partial charge is 0.383 e. The first-order chi connectivity index (χ1) is 9.41. The topological polar surface area (TPSA) is 33.7 Å². The van der Waals surface area contributed by atoms with Crippen molar-refractivity contribution in [3.63, 3.8) is 0 Å². The predicted octanol–water partition coefficient (Wildman–Crippen LogP) is 2.14. The molecule has 1 saturated heterocycles. The van der Waals surface area contributed by atoms with E-state index in [1.807, 2.05) is 0 Å². The molecule has 1 aliphatic rings. The number of rotatable bonds is 8. The van der Waals surface area contributed by atoms with Crippen molar-refractivity contribution < 1.29 is 9.47 Å². The SMILES string of the molecule is CCN(CCOC)CC1(CNC(C)(C)C)CCOCC1. The van der Waals surface area contributed by atoms with Crippen molar-refractivity contribution in [2.75, 3.05) is 53.1 Å². The van der Waals surface area contributed by atoms with Crippen LogP contribution < -0.4 is 5.32 Å². The second kappa shape index (κ2) is 8.32. The van der Waals surface area contributed by atoms with Gasteiger partial charge in [0.1, 0.15) is 0 Å². The van der Waals surface area contributed by atoms with Gasteiger partial charge >= 0.3 is 0 Å². The molecule has 0 atom stereocenters. The Bertz CT molecular complexity index is 258. The lowest BCUT2D eigenvalue weighted by Crippen LogP contribution is -2.51. The van der Waals surface area contributed by atoms with Crippen LogP contribution in [0, 0.1) is 5.41 Å². The molecule has 1 rings (SSSR count). The molecule has 0 radical (unpaired) electrons. The minimum absolute atomic E-state index is 0.175. The Labute approximate surface area is 125 Å². The Balaban J connectivity index is 2.61. The smallest absolute Gasteiger partial charge is 0.0589 e. The molecule has 4 nitrogen and oxygen atoms in total. The maximum atomic E-state index is 5.58. The Hall–Kier alpha value is -0.160. The van der Waals surface area contributed by atoms with Gasteiger partial charge in [-0.2, -0.15) is 0 Å². The molecule has 0 unspecified atom stereocenters. The third kappa shape index (κ3) is 6.53. The summed E-state index contributed by atoms with van der Waals surface area (Å²) in [6, 6.07) is 0. The third-order valence-electron chi connectivity index (χ3n) is 4.17. The zero-order valence-corrected chi connectivity index (χ0v) is 14.1. The minimum Gasteiger partial charge on any atom is -0.383 e. The Morgan fingerprint density at radius 2 is 1.90 bits per heavy atom. The van der Waals surface area contributed by atoms with Gasteiger partial charge in [-0.25, -0.2) is 0 Å². The number of methoxy groups -OCH3 is 1. The first kappa shape index (κ1) is 17.9. The van der Waals surface area contributed by atoms with Crippen LogP contribution in [0.15, 0.2) is 0 Å². The van der Waals surface area contributed by atoms with Crippen LogP contribution in [0.4, 0.5) is 0 Å². The molecule has 4 heteroatoms. The van der Waals surface area contributed by atoms with Crippen molar-refractivity contribution in [2.24, 2.45) is 5.41 Å². The van der Waals surface area contributed by atoms with Gasteiger partial charge in [0.05, 0.1) is 6.61 Å². The molecule has 0 aromatic rings. The highest BCUT2D eigenvalue weighted by molar-refractivity contribution is 4.89. The van der Waals surface area contributed by atoms with Gasteiger partial charge in [-0.05, 0) is 45.6 Å². The fourth-order valence-electron chi connectivity index (χ4n) is 2.69. The zero-order valence-electron chi connectivity index (χ0n) is 14.1. The van der Waals surface area contributed by atoms with Crippen molar-refractivity contribution in [1.29, 1.82) is 0 Å². The monoisotopic (exact) mass is 286 g/mol. The molecule has 0 bridgehead atoms. The van der Waals surface area contributed by atoms with E-state index < -0.39 is 0 Å². The lowest BCUT2D eigenvalue weighted by atomic mass is 9.79. The van der Waals surface area contributed by atoms with Gasteiger partial charge in [0.2, 0.25) is 0 Å². The van der Waals surface area contributed by atoms with Crippen LogP contribution >= 0.6 is 0 Å². The molecular weight excluding hydrogens is 252 g/mol. The first-order valence-electron chi connectivity index (χ1n) is 7.95. The number of nitrogens with zero attached hydrogens (tertiary/aromatic N) is 1. The molecule has 1 aliphatic heterocycles. The van der Waals surface area contributed by atoms with Crippen LogP contribution in [-0.4, -0.2) is 63.5 Å². The lowest BCUT2D eigenvalue weighted by molar-refractivity contribution is -0.00938. The number of ether oxygens (including phenoxy) is 2. The Morgan fingerprint density at radius 3 is 2.40 bits per heavy atom. The number of likely N-dealkylation sites (N-methyl/N-ethyl adjacent to an activating group) is 1. The molecule has 120 valence electrons. The van der Waals surface area contributed by atoms with Crippen LogP contribution in [0.2, 0.25) is 0 Å². The highest BCUT2D eigenvalue weighted by Gasteiger charge is 2.34. The maximum Gasteiger partial charge on any atom is 0.0589 e. The van der Waals surface area contributed by atoms with Gasteiger partial charge in [0.25, 0.3) is 0 Å². The average Bonchev–Trinajstić information content (AvgIpc) is 2.42. The summed E-state index contributed by atoms with van der Waals surface area (Å²) in [7, 11) is 1.78. The van der Waals surface area contributed by atoms with E-state index in [9.17, 15) is 0 Å². The maximum absolute atomic E-state index is 5.58. The number of nitrogens with one attached hydrogen (secondary N) is 1. The van der Waals surface area contributed by atoms with E-state index in [0.29, 0.717) is 5.41 Å². The van der Waals surface area contributed by atoms with Crippen molar-refractivity contribution in [3.8, 4) is 0 Å². The summed E-state index contributed by atoms with van der Waals surface area (Å²) in [5, 5.41) is 3.70. The summed E-state index contributed by atoms with van der Waals surface area (Å²) in [5.41, 5.74) is 0.518. The highest BCUT2D eigenvalue weighted by atomic mass is 16.5. The molecule has 0 aromatic carbocycles. The Morgan fingerprint density at radius 1 is 1.25 bits per heavy atom. The fraction of sp³-hybridized carbons (Fsp3) is 1.00. The molecule has 0 aliphatic carbocycles. The van der Waals surface area contributed by atoms with E-state index in [4.69, 9.17) is 9.47 Å². The van der Waals surface area contributed by atoms with Crippen LogP contribution in [0.3, 0.4) is 0 Å². The van der Waals surface area contributed by atoms with Gasteiger partial charge in [-0.15, -0.1) is 0 Å². The summed E-state index contributed by atoms with van der Waals surface area (Å²) in [4.78, 5) is 2.51. The molecule has 0 amide bonds. The van der Waals surface area contributed by atoms with Gasteiger partial charge in [0, 0.05) is 45.5 Å². The van der Waals surface area contributed by atoms with E-state index in [2.05, 4.69) is 37.9 Å². The van der Waals surface area contributed by atoms with Crippen LogP contribution in [0.5, 0.6) is 0 Å². The molecule has 20 heavy (non-hydrogen) atoms. The van der Waals surface area contributed by atoms with E-state index in [1.165, 1.54) is 0 Å². The zero-order chi connectivity index (χ0) is 15.1. The first-order valence-corrected chi connectivity index (χ1v) is 7.95. The number of hydrogen-bond acceptors (Lipinski definition) is 4. The lowest BCUT2D eigenvalue weighted by Gasteiger charge is -2.42. The summed E-state index contributed by atoms with van der Waals surface area (Å²) in [6.45, 7) is 15.9. The second-order valence-corrected chi connectivity index (χ2v) is 7.08. The van der Waals surface area contributed by atoms with E-state index in [-0.39, 0.29) is 5.54 Å².